The van der Waals surface area contributed by atoms with Crippen LogP contribution in [0.25, 0.3) is 0 Å². The maximum atomic E-state index is 13.2. The number of hydrogen-bond donors (Lipinski definition) is 9. The van der Waals surface area contributed by atoms with Crippen LogP contribution >= 0.6 is 0 Å². The molecular formula is C23H32N6O10. The standard InChI is InChI=1S/C23H32N6O10/c24-13(10-18(26)32)20(35)29-16(9-11-1-3-12(30)4-2-11)22(37)27-14(6-8-19(33)34)21(36)28-15(23(38)39)5-7-17(25)31/h1-4,13-16,30H,5-10,24H2,(H2,25,31)(H2,26,32)(H,27,37)(H,28,36)(H,29,35)(H,33,34)(H,38,39). The van der Waals surface area contributed by atoms with Gasteiger partial charge in [0.05, 0.1) is 12.5 Å². The lowest BCUT2D eigenvalue weighted by molar-refractivity contribution is -0.143. The van der Waals surface area contributed by atoms with Crippen LogP contribution in [0.5, 0.6) is 5.75 Å². The number of aromatic hydroxyl groups is 1. The SMILES string of the molecule is NC(=O)CCC(NC(=O)C(CCC(=O)O)NC(=O)C(Cc1ccc(O)cc1)NC(=O)C(N)CC(N)=O)C(=O)O. The number of hydrogen-bond acceptors (Lipinski definition) is 9. The van der Waals surface area contributed by atoms with Gasteiger partial charge in [-0.15, -0.1) is 0 Å². The van der Waals surface area contributed by atoms with Gasteiger partial charge in [-0.1, -0.05) is 12.1 Å². The average Bonchev–Trinajstić information content (AvgIpc) is 2.83. The summed E-state index contributed by atoms with van der Waals surface area (Å²) in [6.45, 7) is 0. The molecule has 0 aliphatic rings. The molecule has 0 radical (unpaired) electrons. The van der Waals surface area contributed by atoms with Gasteiger partial charge in [-0.3, -0.25) is 28.8 Å². The lowest BCUT2D eigenvalue weighted by Gasteiger charge is -2.25. The highest BCUT2D eigenvalue weighted by Crippen LogP contribution is 2.12. The Morgan fingerprint density at radius 1 is 0.718 bits per heavy atom. The molecule has 0 bridgehead atoms. The highest BCUT2D eigenvalue weighted by molar-refractivity contribution is 5.95. The van der Waals surface area contributed by atoms with E-state index in [0.717, 1.165) is 0 Å². The second-order valence-corrected chi connectivity index (χ2v) is 8.61. The van der Waals surface area contributed by atoms with Crippen LogP contribution in [0.1, 0.15) is 37.7 Å². The zero-order chi connectivity index (χ0) is 29.7. The lowest BCUT2D eigenvalue weighted by Crippen LogP contribution is -2.58. The molecule has 0 fully saturated rings. The zero-order valence-electron chi connectivity index (χ0n) is 20.8. The van der Waals surface area contributed by atoms with E-state index in [0.29, 0.717) is 5.56 Å². The summed E-state index contributed by atoms with van der Waals surface area (Å²) in [7, 11) is 0. The normalized spacial score (nSPS) is 13.7. The number of primary amides is 2. The summed E-state index contributed by atoms with van der Waals surface area (Å²) in [6.07, 6.45) is -2.45. The molecule has 1 rings (SSSR count). The Kier molecular flexibility index (Phi) is 12.8. The van der Waals surface area contributed by atoms with Gasteiger partial charge >= 0.3 is 11.9 Å². The topological polar surface area (TPSA) is 294 Å². The molecule has 5 amide bonds. The molecule has 0 aliphatic heterocycles. The largest absolute Gasteiger partial charge is 0.508 e. The quantitative estimate of drug-likeness (QED) is 0.0927. The Morgan fingerprint density at radius 2 is 1.23 bits per heavy atom. The van der Waals surface area contributed by atoms with Crippen molar-refractivity contribution in [3.05, 3.63) is 29.8 Å². The molecule has 214 valence electrons. The third-order valence-corrected chi connectivity index (χ3v) is 5.34. The molecule has 0 saturated heterocycles. The molecule has 0 aromatic heterocycles. The minimum absolute atomic E-state index is 0.0676. The first-order valence-electron chi connectivity index (χ1n) is 11.6. The molecule has 0 aliphatic carbocycles. The predicted molar refractivity (Wildman–Crippen MR) is 132 cm³/mol. The van der Waals surface area contributed by atoms with Crippen molar-refractivity contribution in [2.75, 3.05) is 0 Å². The summed E-state index contributed by atoms with van der Waals surface area (Å²) < 4.78 is 0. The minimum atomic E-state index is -1.56. The van der Waals surface area contributed by atoms with Crippen LogP contribution < -0.4 is 33.2 Å². The van der Waals surface area contributed by atoms with Crippen molar-refractivity contribution >= 4 is 41.5 Å². The van der Waals surface area contributed by atoms with E-state index in [1.54, 1.807) is 0 Å². The van der Waals surface area contributed by atoms with Crippen LogP contribution in [0.4, 0.5) is 0 Å². The molecule has 0 spiro atoms. The van der Waals surface area contributed by atoms with Crippen LogP contribution in [0.3, 0.4) is 0 Å². The van der Waals surface area contributed by atoms with Gasteiger partial charge in [0.25, 0.3) is 0 Å². The minimum Gasteiger partial charge on any atom is -0.508 e. The lowest BCUT2D eigenvalue weighted by atomic mass is 10.0. The number of carboxylic acid groups (broad SMARTS) is 2. The number of rotatable bonds is 17. The molecule has 12 N–H and O–H groups in total. The number of aliphatic carboxylic acids is 2. The third-order valence-electron chi connectivity index (χ3n) is 5.34. The number of nitrogens with one attached hydrogen (secondary N) is 3. The molecule has 1 aromatic rings. The van der Waals surface area contributed by atoms with E-state index in [4.69, 9.17) is 22.3 Å². The number of phenolic OH excluding ortho intramolecular Hbond substituents is 1. The molecule has 0 heterocycles. The van der Waals surface area contributed by atoms with Gasteiger partial charge in [-0.2, -0.15) is 0 Å². The van der Waals surface area contributed by atoms with E-state index in [9.17, 15) is 43.8 Å². The van der Waals surface area contributed by atoms with E-state index in [1.807, 2.05) is 0 Å². The van der Waals surface area contributed by atoms with Gasteiger partial charge in [0.15, 0.2) is 0 Å². The highest BCUT2D eigenvalue weighted by Gasteiger charge is 2.31. The van der Waals surface area contributed by atoms with Crippen LogP contribution in [0, 0.1) is 0 Å². The molecule has 16 heteroatoms. The third kappa shape index (κ3) is 12.4. The first-order chi connectivity index (χ1) is 18.2. The van der Waals surface area contributed by atoms with Gasteiger partial charge in [0.1, 0.15) is 23.9 Å². The number of phenols is 1. The van der Waals surface area contributed by atoms with Gasteiger partial charge in [-0.25, -0.2) is 4.79 Å². The molecule has 4 unspecified atom stereocenters. The molecular weight excluding hydrogens is 520 g/mol. The summed E-state index contributed by atoms with van der Waals surface area (Å²) in [5.74, 6) is -7.48. The zero-order valence-corrected chi connectivity index (χ0v) is 20.8. The van der Waals surface area contributed by atoms with Gasteiger partial charge in [-0.05, 0) is 30.5 Å². The molecule has 39 heavy (non-hydrogen) atoms. The van der Waals surface area contributed by atoms with E-state index >= 15 is 0 Å². The fraction of sp³-hybridized carbons (Fsp3) is 0.435. The first-order valence-corrected chi connectivity index (χ1v) is 11.6. The summed E-state index contributed by atoms with van der Waals surface area (Å²) in [4.78, 5) is 83.3. The van der Waals surface area contributed by atoms with E-state index in [1.165, 1.54) is 24.3 Å². The Morgan fingerprint density at radius 3 is 1.74 bits per heavy atom. The number of carboxylic acids is 2. The summed E-state index contributed by atoms with van der Waals surface area (Å²) >= 11 is 0. The van der Waals surface area contributed by atoms with Crippen LogP contribution in [-0.2, 0) is 40.0 Å². The monoisotopic (exact) mass is 552 g/mol. The van der Waals surface area contributed by atoms with Crippen molar-refractivity contribution in [3.8, 4) is 5.75 Å². The summed E-state index contributed by atoms with van der Waals surface area (Å²) in [6, 6.07) is -0.350. The Labute approximate surface area is 222 Å². The van der Waals surface area contributed by atoms with Crippen molar-refractivity contribution in [2.45, 2.75) is 62.7 Å². The molecule has 1 aromatic carbocycles. The maximum Gasteiger partial charge on any atom is 0.326 e. The number of nitrogens with two attached hydrogens (primary N) is 3. The van der Waals surface area contributed by atoms with Crippen LogP contribution in [-0.4, -0.2) is 81.0 Å². The van der Waals surface area contributed by atoms with Crippen molar-refractivity contribution < 1.29 is 48.9 Å². The molecule has 16 nitrogen and oxygen atoms in total. The highest BCUT2D eigenvalue weighted by atomic mass is 16.4. The smallest absolute Gasteiger partial charge is 0.326 e. The average molecular weight is 553 g/mol. The number of carbonyl (C=O) groups is 7. The van der Waals surface area contributed by atoms with Crippen molar-refractivity contribution in [1.29, 1.82) is 0 Å². The second-order valence-electron chi connectivity index (χ2n) is 8.61. The van der Waals surface area contributed by atoms with E-state index < -0.39 is 84.9 Å². The fourth-order valence-electron chi connectivity index (χ4n) is 3.29. The number of carbonyl (C=O) groups excluding carboxylic acids is 5. The molecule has 0 saturated carbocycles. The number of benzene rings is 1. The van der Waals surface area contributed by atoms with E-state index in [-0.39, 0.29) is 25.0 Å². The number of amides is 5. The Hall–Kier alpha value is -4.73. The Balaban J connectivity index is 3.17. The maximum absolute atomic E-state index is 13.2. The van der Waals surface area contributed by atoms with Crippen LogP contribution in [0.15, 0.2) is 24.3 Å². The fourth-order valence-corrected chi connectivity index (χ4v) is 3.29. The summed E-state index contributed by atoms with van der Waals surface area (Å²) in [5, 5.41) is 34.7. The van der Waals surface area contributed by atoms with Gasteiger partial charge < -0.3 is 48.5 Å². The summed E-state index contributed by atoms with van der Waals surface area (Å²) in [5.41, 5.74) is 16.2. The van der Waals surface area contributed by atoms with Gasteiger partial charge in [0, 0.05) is 19.3 Å². The van der Waals surface area contributed by atoms with Gasteiger partial charge in [0.2, 0.25) is 29.5 Å². The predicted octanol–water partition coefficient (Wildman–Crippen LogP) is -3.19. The van der Waals surface area contributed by atoms with Crippen LogP contribution in [0.2, 0.25) is 0 Å². The Bertz CT molecular complexity index is 1080. The molecule has 4 atom stereocenters. The van der Waals surface area contributed by atoms with E-state index in [2.05, 4.69) is 16.0 Å². The second kappa shape index (κ2) is 15.5. The van der Waals surface area contributed by atoms with Crippen molar-refractivity contribution in [1.82, 2.24) is 16.0 Å². The first kappa shape index (κ1) is 32.3. The van der Waals surface area contributed by atoms with Crippen molar-refractivity contribution in [3.63, 3.8) is 0 Å². The van der Waals surface area contributed by atoms with Crippen molar-refractivity contribution in [2.24, 2.45) is 17.2 Å².